The molecule has 2 saturated carbocycles. The Kier molecular flexibility index (Phi) is 1.90. The van der Waals surface area contributed by atoms with Crippen LogP contribution >= 0.6 is 22.6 Å². The van der Waals surface area contributed by atoms with Gasteiger partial charge in [0.1, 0.15) is 0 Å². The lowest BCUT2D eigenvalue weighted by atomic mass is 9.64. The van der Waals surface area contributed by atoms with E-state index in [-0.39, 0.29) is 0 Å². The van der Waals surface area contributed by atoms with Gasteiger partial charge in [0, 0.05) is 3.57 Å². The van der Waals surface area contributed by atoms with Crippen LogP contribution < -0.4 is 0 Å². The number of rotatable bonds is 2. The van der Waals surface area contributed by atoms with Crippen LogP contribution in [-0.2, 0) is 10.2 Å². The third-order valence-corrected chi connectivity index (χ3v) is 4.60. The van der Waals surface area contributed by atoms with Crippen LogP contribution in [0.4, 0.5) is 0 Å². The molecule has 2 aliphatic rings. The topological polar surface area (TPSA) is 37.3 Å². The van der Waals surface area contributed by atoms with E-state index in [2.05, 4.69) is 22.6 Å². The number of hydrogen-bond acceptors (Lipinski definition) is 1. The number of benzene rings is 1. The zero-order valence-corrected chi connectivity index (χ0v) is 10.3. The largest absolute Gasteiger partial charge is 0.481 e. The predicted molar refractivity (Wildman–Crippen MR) is 64.7 cm³/mol. The highest BCUT2D eigenvalue weighted by Crippen LogP contribution is 2.67. The zero-order valence-electron chi connectivity index (χ0n) is 8.11. The first-order valence-electron chi connectivity index (χ1n) is 5.14. The molecule has 3 rings (SSSR count). The van der Waals surface area contributed by atoms with Crippen molar-refractivity contribution >= 4 is 28.6 Å². The van der Waals surface area contributed by atoms with Crippen LogP contribution in [0.1, 0.15) is 18.4 Å². The van der Waals surface area contributed by atoms with E-state index >= 15 is 0 Å². The lowest BCUT2D eigenvalue weighted by Crippen LogP contribution is -2.45. The molecule has 1 aromatic carbocycles. The van der Waals surface area contributed by atoms with E-state index in [4.69, 9.17) is 0 Å². The number of carbonyl (C=O) groups is 1. The molecule has 0 heterocycles. The maximum atomic E-state index is 11.4. The molecule has 0 bridgehead atoms. The van der Waals surface area contributed by atoms with Gasteiger partial charge in [-0.2, -0.15) is 0 Å². The number of fused-ring (bicyclic) bond motifs is 1. The Balaban J connectivity index is 2.03. The van der Waals surface area contributed by atoms with Gasteiger partial charge in [-0.3, -0.25) is 4.79 Å². The number of carboxylic acids is 1. The molecule has 0 saturated heterocycles. The average Bonchev–Trinajstić information content (AvgIpc) is 2.82. The van der Waals surface area contributed by atoms with Gasteiger partial charge in [-0.05, 0) is 65.0 Å². The van der Waals surface area contributed by atoms with Crippen molar-refractivity contribution in [1.29, 1.82) is 0 Å². The molecule has 0 aliphatic heterocycles. The third-order valence-electron chi connectivity index (χ3n) is 3.88. The highest BCUT2D eigenvalue weighted by molar-refractivity contribution is 14.1. The Morgan fingerprint density at radius 3 is 2.47 bits per heavy atom. The summed E-state index contributed by atoms with van der Waals surface area (Å²) < 4.78 is 1.16. The lowest BCUT2D eigenvalue weighted by molar-refractivity contribution is -0.148. The fourth-order valence-corrected chi connectivity index (χ4v) is 3.29. The third kappa shape index (κ3) is 1.19. The predicted octanol–water partition coefficient (Wildman–Crippen LogP) is 2.65. The smallest absolute Gasteiger partial charge is 0.314 e. The van der Waals surface area contributed by atoms with Gasteiger partial charge in [-0.15, -0.1) is 0 Å². The monoisotopic (exact) mass is 314 g/mol. The molecule has 3 heteroatoms. The number of carboxylic acid groups (broad SMARTS) is 1. The lowest BCUT2D eigenvalue weighted by Gasteiger charge is -2.37. The van der Waals surface area contributed by atoms with Crippen molar-refractivity contribution in [3.8, 4) is 0 Å². The van der Waals surface area contributed by atoms with Gasteiger partial charge in [0.15, 0.2) is 0 Å². The van der Waals surface area contributed by atoms with E-state index in [0.29, 0.717) is 11.8 Å². The first kappa shape index (κ1) is 9.63. The average molecular weight is 314 g/mol. The van der Waals surface area contributed by atoms with Crippen molar-refractivity contribution in [1.82, 2.24) is 0 Å². The van der Waals surface area contributed by atoms with Crippen molar-refractivity contribution in [3.05, 3.63) is 33.4 Å². The molecule has 3 unspecified atom stereocenters. The molecule has 2 aliphatic carbocycles. The molecule has 0 spiro atoms. The molecule has 0 radical (unpaired) electrons. The van der Waals surface area contributed by atoms with Crippen molar-refractivity contribution < 1.29 is 9.90 Å². The number of hydrogen-bond donors (Lipinski definition) is 1. The standard InChI is InChI=1S/C12H11IO2/c13-9-3-1-8(2-4-9)12(11(14)15)6-7-5-10(7)12/h1-4,7,10H,5-6H2,(H,14,15). The summed E-state index contributed by atoms with van der Waals surface area (Å²) in [6, 6.07) is 7.95. The molecule has 1 aromatic rings. The summed E-state index contributed by atoms with van der Waals surface area (Å²) >= 11 is 2.24. The highest BCUT2D eigenvalue weighted by atomic mass is 127. The van der Waals surface area contributed by atoms with Crippen LogP contribution in [-0.4, -0.2) is 11.1 Å². The van der Waals surface area contributed by atoms with Gasteiger partial charge in [0.25, 0.3) is 0 Å². The van der Waals surface area contributed by atoms with Crippen LogP contribution in [0.5, 0.6) is 0 Å². The van der Waals surface area contributed by atoms with E-state index in [1.54, 1.807) is 0 Å². The Hall–Kier alpha value is -0.580. The number of aliphatic carboxylic acids is 1. The minimum absolute atomic E-state index is 0.412. The molecule has 15 heavy (non-hydrogen) atoms. The van der Waals surface area contributed by atoms with Gasteiger partial charge >= 0.3 is 5.97 Å². The second kappa shape index (κ2) is 2.97. The molecular formula is C12H11IO2. The van der Waals surface area contributed by atoms with Crippen molar-refractivity contribution in [2.45, 2.75) is 18.3 Å². The normalized spacial score (nSPS) is 36.6. The molecule has 2 nitrogen and oxygen atoms in total. The Labute approximate surface area is 102 Å². The van der Waals surface area contributed by atoms with Crippen molar-refractivity contribution in [2.75, 3.05) is 0 Å². The number of halogens is 1. The van der Waals surface area contributed by atoms with Gasteiger partial charge in [-0.25, -0.2) is 0 Å². The van der Waals surface area contributed by atoms with E-state index in [0.717, 1.165) is 22.0 Å². The Morgan fingerprint density at radius 1 is 1.40 bits per heavy atom. The summed E-state index contributed by atoms with van der Waals surface area (Å²) in [6.07, 6.45) is 1.95. The highest BCUT2D eigenvalue weighted by Gasteiger charge is 2.68. The summed E-state index contributed by atoms with van der Waals surface area (Å²) in [5.74, 6) is 0.470. The summed E-state index contributed by atoms with van der Waals surface area (Å²) in [6.45, 7) is 0. The van der Waals surface area contributed by atoms with E-state index in [9.17, 15) is 9.90 Å². The van der Waals surface area contributed by atoms with Gasteiger partial charge in [0.2, 0.25) is 0 Å². The maximum Gasteiger partial charge on any atom is 0.314 e. The first-order chi connectivity index (χ1) is 7.14. The summed E-state index contributed by atoms with van der Waals surface area (Å²) in [5.41, 5.74) is 0.448. The van der Waals surface area contributed by atoms with Crippen molar-refractivity contribution in [2.24, 2.45) is 11.8 Å². The molecular weight excluding hydrogens is 303 g/mol. The van der Waals surface area contributed by atoms with Crippen LogP contribution in [0.15, 0.2) is 24.3 Å². The van der Waals surface area contributed by atoms with Crippen LogP contribution in [0.3, 0.4) is 0 Å². The molecule has 3 atom stereocenters. The molecule has 2 fully saturated rings. The zero-order chi connectivity index (χ0) is 10.6. The minimum atomic E-state index is -0.637. The van der Waals surface area contributed by atoms with Crippen LogP contribution in [0.2, 0.25) is 0 Å². The summed E-state index contributed by atoms with van der Waals surface area (Å²) in [7, 11) is 0. The Morgan fingerprint density at radius 2 is 2.07 bits per heavy atom. The molecule has 0 amide bonds. The fraction of sp³-hybridized carbons (Fsp3) is 0.417. The minimum Gasteiger partial charge on any atom is -0.481 e. The van der Waals surface area contributed by atoms with Crippen LogP contribution in [0.25, 0.3) is 0 Å². The van der Waals surface area contributed by atoms with E-state index in [1.807, 2.05) is 24.3 Å². The van der Waals surface area contributed by atoms with Gasteiger partial charge < -0.3 is 5.11 Å². The van der Waals surface area contributed by atoms with Gasteiger partial charge in [0.05, 0.1) is 5.41 Å². The maximum absolute atomic E-state index is 11.4. The van der Waals surface area contributed by atoms with Gasteiger partial charge in [-0.1, -0.05) is 12.1 Å². The Bertz CT molecular complexity index is 426. The van der Waals surface area contributed by atoms with E-state index in [1.165, 1.54) is 0 Å². The quantitative estimate of drug-likeness (QED) is 0.852. The van der Waals surface area contributed by atoms with E-state index < -0.39 is 11.4 Å². The van der Waals surface area contributed by atoms with Crippen molar-refractivity contribution in [3.63, 3.8) is 0 Å². The van der Waals surface area contributed by atoms with Crippen LogP contribution in [0, 0.1) is 15.4 Å². The SMILES string of the molecule is O=C(O)C1(c2ccc(I)cc2)CC2CC21. The molecule has 78 valence electrons. The first-order valence-corrected chi connectivity index (χ1v) is 6.22. The molecule has 1 N–H and O–H groups in total. The summed E-state index contributed by atoms with van der Waals surface area (Å²) in [4.78, 5) is 11.4. The second-order valence-corrected chi connectivity index (χ2v) is 5.84. The second-order valence-electron chi connectivity index (χ2n) is 4.59. The fourth-order valence-electron chi connectivity index (χ4n) is 2.93. The molecule has 0 aromatic heterocycles. The summed E-state index contributed by atoms with van der Waals surface area (Å²) in [5, 5.41) is 9.40.